The van der Waals surface area contributed by atoms with E-state index in [0.717, 1.165) is 36.3 Å². The average molecular weight is 542 g/mol. The number of ether oxygens (including phenoxy) is 3. The predicted molar refractivity (Wildman–Crippen MR) is 158 cm³/mol. The summed E-state index contributed by atoms with van der Waals surface area (Å²) in [5, 5.41) is 14.0. The van der Waals surface area contributed by atoms with Gasteiger partial charge in [0.2, 0.25) is 5.91 Å². The number of rotatable bonds is 18. The lowest BCUT2D eigenvalue weighted by Gasteiger charge is -2.26. The monoisotopic (exact) mass is 541 g/mol. The molecule has 2 aromatic rings. The minimum Gasteiger partial charge on any atom is -0.493 e. The largest absolute Gasteiger partial charge is 0.493 e. The fourth-order valence-corrected chi connectivity index (χ4v) is 4.96. The molecule has 1 amide bonds. The van der Waals surface area contributed by atoms with E-state index in [1.807, 2.05) is 18.2 Å². The van der Waals surface area contributed by atoms with Crippen LogP contribution in [0.3, 0.4) is 0 Å². The maximum absolute atomic E-state index is 13.0. The van der Waals surface area contributed by atoms with Crippen LogP contribution in [0.15, 0.2) is 42.5 Å². The Morgan fingerprint density at radius 3 is 2.33 bits per heavy atom. The maximum Gasteiger partial charge on any atom is 0.223 e. The van der Waals surface area contributed by atoms with Gasteiger partial charge in [-0.15, -0.1) is 0 Å². The summed E-state index contributed by atoms with van der Waals surface area (Å²) in [6, 6.07) is 14.3. The highest BCUT2D eigenvalue weighted by atomic mass is 16.5. The lowest BCUT2D eigenvalue weighted by atomic mass is 9.82. The number of aryl methyl sites for hydroxylation is 1. The molecule has 0 aliphatic carbocycles. The molecule has 3 atom stereocenters. The number of hydrogen-bond donors (Lipinski definition) is 2. The molecule has 0 aromatic heterocycles. The van der Waals surface area contributed by atoms with Crippen molar-refractivity contribution in [2.45, 2.75) is 79.4 Å². The van der Waals surface area contributed by atoms with Gasteiger partial charge < -0.3 is 24.6 Å². The number of carbonyl (C=O) groups excluding carboxylic acids is 1. The zero-order valence-electron chi connectivity index (χ0n) is 25.2. The van der Waals surface area contributed by atoms with Gasteiger partial charge in [-0.3, -0.25) is 4.79 Å². The van der Waals surface area contributed by atoms with Crippen LogP contribution in [0, 0.1) is 30.6 Å². The molecule has 218 valence electrons. The van der Waals surface area contributed by atoms with Gasteiger partial charge >= 0.3 is 0 Å². The number of methoxy groups -OCH3 is 2. The molecule has 0 saturated heterocycles. The number of hydrogen-bond acceptors (Lipinski definition) is 5. The van der Waals surface area contributed by atoms with E-state index in [2.05, 4.69) is 64.2 Å². The molecule has 0 radical (unpaired) electrons. The first-order chi connectivity index (χ1) is 18.6. The van der Waals surface area contributed by atoms with Crippen LogP contribution >= 0.6 is 0 Å². The number of aliphatic hydroxyl groups excluding tert-OH is 1. The quantitative estimate of drug-likeness (QED) is 0.215. The molecular weight excluding hydrogens is 490 g/mol. The van der Waals surface area contributed by atoms with Gasteiger partial charge in [0.1, 0.15) is 0 Å². The lowest BCUT2D eigenvalue weighted by molar-refractivity contribution is -0.127. The van der Waals surface area contributed by atoms with Crippen LogP contribution in [0.1, 0.15) is 70.1 Å². The summed E-state index contributed by atoms with van der Waals surface area (Å²) in [5.41, 5.74) is 3.47. The molecule has 2 N–H and O–H groups in total. The van der Waals surface area contributed by atoms with E-state index in [4.69, 9.17) is 14.2 Å². The third-order valence-corrected chi connectivity index (χ3v) is 7.51. The molecule has 39 heavy (non-hydrogen) atoms. The molecule has 6 heteroatoms. The summed E-state index contributed by atoms with van der Waals surface area (Å²) in [4.78, 5) is 13.0. The molecule has 0 saturated carbocycles. The van der Waals surface area contributed by atoms with Crippen molar-refractivity contribution in [3.05, 3.63) is 59.2 Å². The zero-order chi connectivity index (χ0) is 28.8. The van der Waals surface area contributed by atoms with Crippen LogP contribution in [0.2, 0.25) is 0 Å². The van der Waals surface area contributed by atoms with Gasteiger partial charge in [-0.05, 0) is 73.6 Å². The summed E-state index contributed by atoms with van der Waals surface area (Å²) in [5.74, 6) is 2.30. The van der Waals surface area contributed by atoms with Crippen molar-refractivity contribution in [2.24, 2.45) is 23.7 Å². The van der Waals surface area contributed by atoms with E-state index < -0.39 is 6.10 Å². The van der Waals surface area contributed by atoms with E-state index in [1.165, 1.54) is 11.1 Å². The SMILES string of the molecule is COCCCOc1cc(CC(CC[C@@H](O)CC(C(=O)NCc2cccc(C)c2)C(C)C)C(C)C)ccc1OC. The average Bonchev–Trinajstić information content (AvgIpc) is 2.90. The Morgan fingerprint density at radius 2 is 1.69 bits per heavy atom. The first-order valence-electron chi connectivity index (χ1n) is 14.4. The molecule has 2 aromatic carbocycles. The van der Waals surface area contributed by atoms with Gasteiger partial charge in [0.25, 0.3) is 0 Å². The molecule has 0 aliphatic rings. The normalized spacial score (nSPS) is 13.8. The molecule has 0 heterocycles. The molecule has 0 bridgehead atoms. The smallest absolute Gasteiger partial charge is 0.223 e. The van der Waals surface area contributed by atoms with E-state index in [9.17, 15) is 9.90 Å². The van der Waals surface area contributed by atoms with E-state index >= 15 is 0 Å². The first kappa shape index (κ1) is 32.6. The molecule has 0 spiro atoms. The lowest BCUT2D eigenvalue weighted by Crippen LogP contribution is -2.35. The van der Waals surface area contributed by atoms with E-state index in [1.54, 1.807) is 14.2 Å². The Labute approximate surface area is 236 Å². The second-order valence-electron chi connectivity index (χ2n) is 11.4. The second-order valence-corrected chi connectivity index (χ2v) is 11.4. The molecule has 0 fully saturated rings. The predicted octanol–water partition coefficient (Wildman–Crippen LogP) is 6.35. The van der Waals surface area contributed by atoms with Gasteiger partial charge in [-0.25, -0.2) is 0 Å². The number of amides is 1. The maximum atomic E-state index is 13.0. The Hall–Kier alpha value is -2.57. The Balaban J connectivity index is 1.94. The molecule has 0 aliphatic heterocycles. The third-order valence-electron chi connectivity index (χ3n) is 7.51. The standard InChI is InChI=1S/C33H51NO5/c1-23(2)28(19-26-12-15-31(38-7)32(20-26)39-17-9-16-37-6)13-14-29(35)21-30(24(3)4)33(36)34-22-27-11-8-10-25(5)18-27/h8,10-12,15,18,20,23-24,28-30,35H,9,13-14,16-17,19,21-22H2,1-7H3,(H,34,36)/t28?,29-,30?/m1/s1. The summed E-state index contributed by atoms with van der Waals surface area (Å²) in [6.45, 7) is 12.4. The Kier molecular flexibility index (Phi) is 14.4. The van der Waals surface area contributed by atoms with Crippen molar-refractivity contribution in [3.63, 3.8) is 0 Å². The third kappa shape index (κ3) is 11.6. The number of carbonyl (C=O) groups is 1. The summed E-state index contributed by atoms with van der Waals surface area (Å²) in [7, 11) is 3.34. The number of nitrogens with one attached hydrogen (secondary N) is 1. The van der Waals surface area contributed by atoms with Crippen LogP contribution in [-0.2, 0) is 22.5 Å². The molecular formula is C33H51NO5. The minimum atomic E-state index is -0.515. The van der Waals surface area contributed by atoms with Crippen molar-refractivity contribution in [1.29, 1.82) is 0 Å². The number of benzene rings is 2. The Morgan fingerprint density at radius 1 is 0.923 bits per heavy atom. The molecule has 6 nitrogen and oxygen atoms in total. The van der Waals surface area contributed by atoms with Gasteiger partial charge in [-0.1, -0.05) is 63.6 Å². The highest BCUT2D eigenvalue weighted by molar-refractivity contribution is 5.78. The Bertz CT molecular complexity index is 990. The van der Waals surface area contributed by atoms with Gasteiger partial charge in [-0.2, -0.15) is 0 Å². The summed E-state index contributed by atoms with van der Waals surface area (Å²) < 4.78 is 16.6. The van der Waals surface area contributed by atoms with E-state index in [-0.39, 0.29) is 17.7 Å². The van der Waals surface area contributed by atoms with Crippen LogP contribution in [-0.4, -0.2) is 44.6 Å². The summed E-state index contributed by atoms with van der Waals surface area (Å²) in [6.07, 6.45) is 3.24. The van der Waals surface area contributed by atoms with Crippen LogP contribution in [0.5, 0.6) is 11.5 Å². The van der Waals surface area contributed by atoms with Crippen LogP contribution < -0.4 is 14.8 Å². The van der Waals surface area contributed by atoms with Crippen molar-refractivity contribution >= 4 is 5.91 Å². The van der Waals surface area contributed by atoms with Crippen LogP contribution in [0.4, 0.5) is 0 Å². The molecule has 2 rings (SSSR count). The fraction of sp³-hybridized carbons (Fsp3) is 0.606. The first-order valence-corrected chi connectivity index (χ1v) is 14.4. The van der Waals surface area contributed by atoms with Crippen LogP contribution in [0.25, 0.3) is 0 Å². The van der Waals surface area contributed by atoms with Crippen molar-refractivity contribution in [2.75, 3.05) is 27.4 Å². The summed E-state index contributed by atoms with van der Waals surface area (Å²) >= 11 is 0. The van der Waals surface area contributed by atoms with Gasteiger partial charge in [0.15, 0.2) is 11.5 Å². The zero-order valence-corrected chi connectivity index (χ0v) is 25.2. The highest BCUT2D eigenvalue weighted by Gasteiger charge is 2.26. The fourth-order valence-electron chi connectivity index (χ4n) is 4.96. The van der Waals surface area contributed by atoms with Crippen molar-refractivity contribution in [1.82, 2.24) is 5.32 Å². The van der Waals surface area contributed by atoms with Gasteiger partial charge in [0, 0.05) is 32.6 Å². The van der Waals surface area contributed by atoms with E-state index in [0.29, 0.717) is 44.4 Å². The second kappa shape index (κ2) is 17.2. The number of aliphatic hydroxyl groups is 1. The van der Waals surface area contributed by atoms with Crippen molar-refractivity contribution < 1.29 is 24.1 Å². The molecule has 2 unspecified atom stereocenters. The topological polar surface area (TPSA) is 77.0 Å². The highest BCUT2D eigenvalue weighted by Crippen LogP contribution is 2.32. The van der Waals surface area contributed by atoms with Crippen molar-refractivity contribution in [3.8, 4) is 11.5 Å². The minimum absolute atomic E-state index is 0.0160. The van der Waals surface area contributed by atoms with Gasteiger partial charge in [0.05, 0.1) is 19.8 Å².